The van der Waals surface area contributed by atoms with E-state index >= 15 is 0 Å². The first-order chi connectivity index (χ1) is 27.0. The van der Waals surface area contributed by atoms with Crippen LogP contribution in [0.15, 0.2) is 36.5 Å². The molecule has 1 N–H and O–H groups in total. The molecule has 0 heterocycles. The van der Waals surface area contributed by atoms with Gasteiger partial charge in [-0.25, -0.2) is 4.57 Å². The van der Waals surface area contributed by atoms with Crippen molar-refractivity contribution in [3.05, 3.63) is 36.5 Å². The molecule has 0 fully saturated rings. The fraction of sp³-hybridized carbons (Fsp3) is 0.826. The summed E-state index contributed by atoms with van der Waals surface area (Å²) in [7, 11) is 1.47. The number of rotatable bonds is 41. The molecule has 0 aromatic rings. The van der Waals surface area contributed by atoms with E-state index in [0.29, 0.717) is 23.9 Å². The molecule has 0 rings (SSSR count). The lowest BCUT2D eigenvalue weighted by atomic mass is 10.0. The van der Waals surface area contributed by atoms with Gasteiger partial charge in [0.2, 0.25) is 0 Å². The van der Waals surface area contributed by atoms with Crippen molar-refractivity contribution in [2.45, 2.75) is 200 Å². The highest BCUT2D eigenvalue weighted by atomic mass is 31.2. The fourth-order valence-electron chi connectivity index (χ4n) is 6.15. The number of carbonyl (C=O) groups is 2. The molecule has 0 spiro atoms. The van der Waals surface area contributed by atoms with Crippen molar-refractivity contribution in [1.82, 2.24) is 0 Å². The number of allylic oxidation sites excluding steroid dienone is 6. The van der Waals surface area contributed by atoms with Crippen LogP contribution in [-0.4, -0.2) is 74.9 Å². The van der Waals surface area contributed by atoms with Crippen LogP contribution in [0.2, 0.25) is 0 Å². The topological polar surface area (TPSA) is 108 Å². The number of unbranched alkanes of at least 4 members (excludes halogenated alkanes) is 21. The average Bonchev–Trinajstić information content (AvgIpc) is 3.15. The molecule has 0 amide bonds. The number of carbonyl (C=O) groups excluding carboxylic acids is 2. The number of hydrogen-bond acceptors (Lipinski definition) is 7. The average molecular weight is 813 g/mol. The Morgan fingerprint density at radius 1 is 0.571 bits per heavy atom. The summed E-state index contributed by atoms with van der Waals surface area (Å²) >= 11 is 0. The Balaban J connectivity index is 4.31. The third-order valence-electron chi connectivity index (χ3n) is 9.68. The van der Waals surface area contributed by atoms with Crippen LogP contribution in [0.3, 0.4) is 0 Å². The highest BCUT2D eigenvalue weighted by molar-refractivity contribution is 7.47. The summed E-state index contributed by atoms with van der Waals surface area (Å²) in [4.78, 5) is 35.4. The van der Waals surface area contributed by atoms with Crippen molar-refractivity contribution in [2.75, 3.05) is 47.5 Å². The van der Waals surface area contributed by atoms with E-state index in [1.165, 1.54) is 96.3 Å². The van der Waals surface area contributed by atoms with Gasteiger partial charge in [0.1, 0.15) is 19.8 Å². The quantitative estimate of drug-likeness (QED) is 0.0214. The maximum Gasteiger partial charge on any atom is 0.472 e. The summed E-state index contributed by atoms with van der Waals surface area (Å²) in [5, 5.41) is 0. The van der Waals surface area contributed by atoms with Gasteiger partial charge in [-0.3, -0.25) is 18.6 Å². The molecule has 0 aliphatic heterocycles. The molecule has 2 unspecified atom stereocenters. The van der Waals surface area contributed by atoms with E-state index in [9.17, 15) is 19.0 Å². The highest BCUT2D eigenvalue weighted by Gasteiger charge is 2.27. The lowest BCUT2D eigenvalue weighted by molar-refractivity contribution is -0.870. The smallest absolute Gasteiger partial charge is 0.462 e. The lowest BCUT2D eigenvalue weighted by Crippen LogP contribution is -2.37. The maximum absolute atomic E-state index is 12.7. The summed E-state index contributed by atoms with van der Waals surface area (Å²) in [6.07, 6.45) is 43.3. The van der Waals surface area contributed by atoms with E-state index in [1.54, 1.807) is 0 Å². The van der Waals surface area contributed by atoms with Crippen LogP contribution in [0.25, 0.3) is 0 Å². The number of hydrogen-bond donors (Lipinski definition) is 1. The molecule has 0 aliphatic rings. The Morgan fingerprint density at radius 3 is 1.52 bits per heavy atom. The van der Waals surface area contributed by atoms with E-state index in [-0.39, 0.29) is 25.6 Å². The lowest BCUT2D eigenvalue weighted by Gasteiger charge is -2.24. The van der Waals surface area contributed by atoms with Crippen LogP contribution in [0.4, 0.5) is 0 Å². The minimum atomic E-state index is -4.37. The zero-order valence-electron chi connectivity index (χ0n) is 36.9. The first-order valence-electron chi connectivity index (χ1n) is 22.7. The Hall–Kier alpha value is -1.77. The number of esters is 2. The Kier molecular flexibility index (Phi) is 37.5. The van der Waals surface area contributed by atoms with Crippen LogP contribution in [0.1, 0.15) is 194 Å². The monoisotopic (exact) mass is 813 g/mol. The second-order valence-corrected chi connectivity index (χ2v) is 17.9. The van der Waals surface area contributed by atoms with Gasteiger partial charge in [0.25, 0.3) is 0 Å². The van der Waals surface area contributed by atoms with Crippen molar-refractivity contribution in [2.24, 2.45) is 0 Å². The van der Waals surface area contributed by atoms with Gasteiger partial charge >= 0.3 is 19.8 Å². The van der Waals surface area contributed by atoms with Gasteiger partial charge in [-0.2, -0.15) is 0 Å². The Labute approximate surface area is 344 Å². The Morgan fingerprint density at radius 2 is 1.02 bits per heavy atom. The molecule has 0 aromatic carbocycles. The second-order valence-electron chi connectivity index (χ2n) is 16.4. The molecule has 2 atom stereocenters. The zero-order chi connectivity index (χ0) is 41.4. The summed E-state index contributed by atoms with van der Waals surface area (Å²) in [5.74, 6) is -0.800. The summed E-state index contributed by atoms with van der Waals surface area (Å²) in [5.41, 5.74) is 0. The molecule has 56 heavy (non-hydrogen) atoms. The molecule has 0 aliphatic carbocycles. The molecule has 0 bridgehead atoms. The van der Waals surface area contributed by atoms with Crippen LogP contribution in [0.5, 0.6) is 0 Å². The van der Waals surface area contributed by atoms with E-state index in [0.717, 1.165) is 64.2 Å². The summed E-state index contributed by atoms with van der Waals surface area (Å²) in [6.45, 7) is 4.32. The van der Waals surface area contributed by atoms with Crippen LogP contribution in [-0.2, 0) is 32.7 Å². The van der Waals surface area contributed by atoms with Gasteiger partial charge in [0.15, 0.2) is 6.10 Å². The van der Waals surface area contributed by atoms with Crippen LogP contribution < -0.4 is 0 Å². The summed E-state index contributed by atoms with van der Waals surface area (Å²) < 4.78 is 34.3. The van der Waals surface area contributed by atoms with Gasteiger partial charge in [-0.15, -0.1) is 0 Å². The minimum absolute atomic E-state index is 0.0313. The molecular weight excluding hydrogens is 725 g/mol. The number of phosphoric ester groups is 1. The van der Waals surface area contributed by atoms with Crippen LogP contribution in [0, 0.1) is 0 Å². The van der Waals surface area contributed by atoms with E-state index < -0.39 is 26.5 Å². The van der Waals surface area contributed by atoms with E-state index in [1.807, 2.05) is 21.1 Å². The minimum Gasteiger partial charge on any atom is -0.462 e. The number of phosphoric acid groups is 1. The van der Waals surface area contributed by atoms with Gasteiger partial charge in [-0.05, 0) is 44.9 Å². The highest BCUT2D eigenvalue weighted by Crippen LogP contribution is 2.43. The molecular formula is C46H87NO8P+. The van der Waals surface area contributed by atoms with Gasteiger partial charge in [0, 0.05) is 12.8 Å². The molecule has 0 radical (unpaired) electrons. The van der Waals surface area contributed by atoms with Crippen molar-refractivity contribution in [3.8, 4) is 0 Å². The molecule has 328 valence electrons. The number of quaternary nitrogens is 1. The van der Waals surface area contributed by atoms with Gasteiger partial charge in [0.05, 0.1) is 27.7 Å². The van der Waals surface area contributed by atoms with Gasteiger partial charge in [-0.1, -0.05) is 172 Å². The predicted octanol–water partition coefficient (Wildman–Crippen LogP) is 12.9. The van der Waals surface area contributed by atoms with Crippen molar-refractivity contribution >= 4 is 19.8 Å². The normalized spacial score (nSPS) is 13.9. The molecule has 0 saturated heterocycles. The fourth-order valence-corrected chi connectivity index (χ4v) is 6.89. The van der Waals surface area contributed by atoms with Crippen molar-refractivity contribution < 1.29 is 42.1 Å². The third kappa shape index (κ3) is 41.9. The Bertz CT molecular complexity index is 1050. The first kappa shape index (κ1) is 54.2. The first-order valence-corrected chi connectivity index (χ1v) is 24.2. The molecule has 10 heteroatoms. The van der Waals surface area contributed by atoms with Gasteiger partial charge < -0.3 is 18.9 Å². The largest absolute Gasteiger partial charge is 0.472 e. The van der Waals surface area contributed by atoms with Crippen LogP contribution >= 0.6 is 7.82 Å². The second kappa shape index (κ2) is 38.7. The zero-order valence-corrected chi connectivity index (χ0v) is 37.8. The molecule has 0 aromatic heterocycles. The third-order valence-corrected chi connectivity index (χ3v) is 10.7. The van der Waals surface area contributed by atoms with E-state index in [2.05, 4.69) is 50.3 Å². The summed E-state index contributed by atoms with van der Waals surface area (Å²) in [6, 6.07) is 0. The number of ether oxygens (including phenoxy) is 2. The van der Waals surface area contributed by atoms with E-state index in [4.69, 9.17) is 18.5 Å². The molecule has 9 nitrogen and oxygen atoms in total. The maximum atomic E-state index is 12.7. The predicted molar refractivity (Wildman–Crippen MR) is 234 cm³/mol. The SMILES string of the molecule is CC/C=C\C/C=C\C/C=C\CCCCCCCCCCCC(=O)OC(COC(=O)CCCCCCCCCCCCCCC)COP(=O)(O)OCC[N+](C)(C)C. The number of nitrogens with zero attached hydrogens (tertiary/aromatic N) is 1. The van der Waals surface area contributed by atoms with Crippen molar-refractivity contribution in [1.29, 1.82) is 0 Å². The molecule has 0 saturated carbocycles. The number of likely N-dealkylation sites (N-methyl/N-ethyl adjacent to an activating group) is 1. The van der Waals surface area contributed by atoms with Crippen molar-refractivity contribution in [3.63, 3.8) is 0 Å². The standard InChI is InChI=1S/C46H86NO8P/c1-6-8-10-12-14-16-18-20-21-22-23-24-25-27-29-31-33-35-37-39-46(49)55-44(43-54-56(50,51)53-41-40-47(3,4)5)42-52-45(48)38-36-34-32-30-28-26-19-17-15-13-11-9-7-2/h8,10,14,16,20-21,44H,6-7,9,11-13,15,17-19,22-43H2,1-5H3/p+1/b10-8-,16-14-,21-20-.